The molecule has 0 N–H and O–H groups in total. The molecule has 0 atom stereocenters. The third-order valence-electron chi connectivity index (χ3n) is 3.45. The number of nitrogens with zero attached hydrogens (tertiary/aromatic N) is 2. The summed E-state index contributed by atoms with van der Waals surface area (Å²) < 4.78 is 1.40. The van der Waals surface area contributed by atoms with Crippen molar-refractivity contribution >= 4 is 17.7 Å². The third kappa shape index (κ3) is 3.52. The van der Waals surface area contributed by atoms with Crippen molar-refractivity contribution in [1.82, 2.24) is 9.47 Å². The molecule has 0 spiro atoms. The fraction of sp³-hybridized carbons (Fsp3) is 0.222. The number of likely N-dealkylation sites (N-methyl/N-ethyl adjacent to an activating group) is 1. The second kappa shape index (κ2) is 7.41. The minimum absolute atomic E-state index is 0.151. The van der Waals surface area contributed by atoms with Crippen molar-refractivity contribution in [2.24, 2.45) is 0 Å². The number of hydrogen-bond acceptors (Lipinski definition) is 2. The molecule has 0 saturated carbocycles. The topological polar surface area (TPSA) is 42.3 Å². The van der Waals surface area contributed by atoms with Crippen LogP contribution in [0.15, 0.2) is 59.5 Å². The van der Waals surface area contributed by atoms with Gasteiger partial charge in [-0.15, -0.1) is 0 Å². The second-order valence-corrected chi connectivity index (χ2v) is 4.83. The first kappa shape index (κ1) is 15.8. The largest absolute Gasteiger partial charge is 0.338 e. The van der Waals surface area contributed by atoms with Crippen LogP contribution in [0.4, 0.5) is 0 Å². The lowest BCUT2D eigenvalue weighted by Gasteiger charge is -2.21. The predicted octanol–water partition coefficient (Wildman–Crippen LogP) is 2.71. The van der Waals surface area contributed by atoms with E-state index in [-0.39, 0.29) is 11.5 Å². The quantitative estimate of drug-likeness (QED) is 0.796. The summed E-state index contributed by atoms with van der Waals surface area (Å²) in [4.78, 5) is 26.6. The van der Waals surface area contributed by atoms with E-state index < -0.39 is 0 Å². The summed E-state index contributed by atoms with van der Waals surface area (Å²) in [6.07, 6.45) is 3.38. The van der Waals surface area contributed by atoms with Crippen LogP contribution in [0.1, 0.15) is 19.4 Å². The summed E-state index contributed by atoms with van der Waals surface area (Å²) in [5.41, 5.74) is 1.03. The number of rotatable bonds is 5. The Balaban J connectivity index is 2.55. The highest BCUT2D eigenvalue weighted by Crippen LogP contribution is 2.13. The average molecular weight is 296 g/mol. The molecule has 0 aliphatic heterocycles. The van der Waals surface area contributed by atoms with Gasteiger partial charge in [0, 0.05) is 25.4 Å². The molecule has 22 heavy (non-hydrogen) atoms. The molecule has 0 radical (unpaired) electrons. The summed E-state index contributed by atoms with van der Waals surface area (Å²) in [6, 6.07) is 14.4. The number of benzene rings is 1. The standard InChI is InChI=1S/C18H20N2O2/c1-3-19(4-2)18(22)16(14-15-10-6-5-7-11-15)20-13-9-8-12-17(20)21/h5-14H,3-4H2,1-2H3. The molecule has 1 aromatic heterocycles. The Morgan fingerprint density at radius 3 is 2.27 bits per heavy atom. The van der Waals surface area contributed by atoms with Crippen LogP contribution in [0.2, 0.25) is 0 Å². The molecule has 4 heteroatoms. The third-order valence-corrected chi connectivity index (χ3v) is 3.45. The van der Waals surface area contributed by atoms with E-state index in [4.69, 9.17) is 0 Å². The number of amides is 1. The van der Waals surface area contributed by atoms with Gasteiger partial charge in [0.05, 0.1) is 0 Å². The van der Waals surface area contributed by atoms with Crippen LogP contribution in [-0.2, 0) is 4.79 Å². The molecule has 114 valence electrons. The first-order chi connectivity index (χ1) is 10.7. The zero-order valence-electron chi connectivity index (χ0n) is 12.9. The normalized spacial score (nSPS) is 11.3. The van der Waals surface area contributed by atoms with Gasteiger partial charge in [-0.1, -0.05) is 36.4 Å². The SMILES string of the molecule is CCN(CC)C(=O)C(=Cc1ccccc1)n1ccccc1=O. The number of pyridine rings is 1. The van der Waals surface area contributed by atoms with E-state index >= 15 is 0 Å². The molecule has 0 fully saturated rings. The van der Waals surface area contributed by atoms with E-state index in [0.717, 1.165) is 5.56 Å². The van der Waals surface area contributed by atoms with Crippen molar-refractivity contribution in [3.05, 3.63) is 70.6 Å². The van der Waals surface area contributed by atoms with Crippen LogP contribution in [0.5, 0.6) is 0 Å². The maximum absolute atomic E-state index is 12.8. The number of aromatic nitrogens is 1. The maximum atomic E-state index is 12.8. The minimum Gasteiger partial charge on any atom is -0.338 e. The Labute approximate surface area is 130 Å². The Morgan fingerprint density at radius 1 is 1.05 bits per heavy atom. The average Bonchev–Trinajstić information content (AvgIpc) is 2.55. The molecule has 2 rings (SSSR count). The zero-order valence-corrected chi connectivity index (χ0v) is 12.9. The van der Waals surface area contributed by atoms with Crippen molar-refractivity contribution in [1.29, 1.82) is 0 Å². The number of hydrogen-bond donors (Lipinski definition) is 0. The van der Waals surface area contributed by atoms with Gasteiger partial charge in [-0.2, -0.15) is 0 Å². The Morgan fingerprint density at radius 2 is 1.68 bits per heavy atom. The van der Waals surface area contributed by atoms with E-state index in [0.29, 0.717) is 18.8 Å². The predicted molar refractivity (Wildman–Crippen MR) is 89.2 cm³/mol. The molecule has 0 aliphatic rings. The monoisotopic (exact) mass is 296 g/mol. The van der Waals surface area contributed by atoms with Crippen molar-refractivity contribution in [3.8, 4) is 0 Å². The second-order valence-electron chi connectivity index (χ2n) is 4.83. The fourth-order valence-electron chi connectivity index (χ4n) is 2.24. The van der Waals surface area contributed by atoms with Crippen molar-refractivity contribution in [3.63, 3.8) is 0 Å². The smallest absolute Gasteiger partial charge is 0.270 e. The Bertz CT molecular complexity index is 713. The Kier molecular flexibility index (Phi) is 5.31. The summed E-state index contributed by atoms with van der Waals surface area (Å²) in [7, 11) is 0. The van der Waals surface area contributed by atoms with Crippen LogP contribution >= 0.6 is 0 Å². The number of carbonyl (C=O) groups is 1. The van der Waals surface area contributed by atoms with Crippen molar-refractivity contribution < 1.29 is 4.79 Å². The molecule has 0 aliphatic carbocycles. The summed E-state index contributed by atoms with van der Waals surface area (Å²) in [5, 5.41) is 0. The first-order valence-electron chi connectivity index (χ1n) is 7.41. The van der Waals surface area contributed by atoms with E-state index in [1.54, 1.807) is 29.3 Å². The van der Waals surface area contributed by atoms with Crippen LogP contribution in [0.25, 0.3) is 11.8 Å². The molecule has 4 nitrogen and oxygen atoms in total. The van der Waals surface area contributed by atoms with Gasteiger partial charge in [-0.25, -0.2) is 0 Å². The fourth-order valence-corrected chi connectivity index (χ4v) is 2.24. The van der Waals surface area contributed by atoms with Crippen molar-refractivity contribution in [2.75, 3.05) is 13.1 Å². The van der Waals surface area contributed by atoms with Crippen LogP contribution in [-0.4, -0.2) is 28.5 Å². The van der Waals surface area contributed by atoms with Crippen molar-refractivity contribution in [2.45, 2.75) is 13.8 Å². The molecule has 1 amide bonds. The highest BCUT2D eigenvalue weighted by molar-refractivity contribution is 6.18. The minimum atomic E-state index is -0.217. The Hall–Kier alpha value is -2.62. The molecule has 0 bridgehead atoms. The molecular formula is C18H20N2O2. The first-order valence-corrected chi connectivity index (χ1v) is 7.41. The number of carbonyl (C=O) groups excluding carboxylic acids is 1. The molecule has 1 aromatic carbocycles. The van der Waals surface area contributed by atoms with Gasteiger partial charge in [0.25, 0.3) is 11.5 Å². The lowest BCUT2D eigenvalue weighted by Crippen LogP contribution is -2.35. The molecule has 2 aromatic rings. The van der Waals surface area contributed by atoms with Gasteiger partial charge in [-0.05, 0) is 31.6 Å². The van der Waals surface area contributed by atoms with Gasteiger partial charge in [0.1, 0.15) is 5.70 Å². The zero-order chi connectivity index (χ0) is 15.9. The molecule has 1 heterocycles. The maximum Gasteiger partial charge on any atom is 0.270 e. The summed E-state index contributed by atoms with van der Waals surface area (Å²) in [5.74, 6) is -0.151. The van der Waals surface area contributed by atoms with Gasteiger partial charge in [0.15, 0.2) is 0 Å². The molecular weight excluding hydrogens is 276 g/mol. The lowest BCUT2D eigenvalue weighted by molar-refractivity contribution is -0.125. The van der Waals surface area contributed by atoms with Crippen LogP contribution < -0.4 is 5.56 Å². The van der Waals surface area contributed by atoms with E-state index in [9.17, 15) is 9.59 Å². The van der Waals surface area contributed by atoms with E-state index in [2.05, 4.69) is 0 Å². The van der Waals surface area contributed by atoms with Gasteiger partial charge >= 0.3 is 0 Å². The highest BCUT2D eigenvalue weighted by Gasteiger charge is 2.18. The van der Waals surface area contributed by atoms with Gasteiger partial charge < -0.3 is 4.90 Å². The van der Waals surface area contributed by atoms with Crippen LogP contribution in [0, 0.1) is 0 Å². The highest BCUT2D eigenvalue weighted by atomic mass is 16.2. The molecule has 0 saturated heterocycles. The van der Waals surface area contributed by atoms with E-state index in [1.165, 1.54) is 10.6 Å². The summed E-state index contributed by atoms with van der Waals surface area (Å²) in [6.45, 7) is 5.05. The van der Waals surface area contributed by atoms with Crippen LogP contribution in [0.3, 0.4) is 0 Å². The van der Waals surface area contributed by atoms with Gasteiger partial charge in [-0.3, -0.25) is 14.2 Å². The van der Waals surface area contributed by atoms with E-state index in [1.807, 2.05) is 44.2 Å². The van der Waals surface area contributed by atoms with Gasteiger partial charge in [0.2, 0.25) is 0 Å². The summed E-state index contributed by atoms with van der Waals surface area (Å²) >= 11 is 0. The lowest BCUT2D eigenvalue weighted by atomic mass is 10.1. The molecule has 0 unspecified atom stereocenters.